The van der Waals surface area contributed by atoms with Gasteiger partial charge in [-0.3, -0.25) is 0 Å². The van der Waals surface area contributed by atoms with Gasteiger partial charge in [0.05, 0.1) is 12.1 Å². The number of nitrogens with zero attached hydrogens (tertiary/aromatic N) is 2. The molecule has 132 valence electrons. The number of ether oxygens (including phenoxy) is 1. The molecule has 0 fully saturated rings. The van der Waals surface area contributed by atoms with Gasteiger partial charge in [0.1, 0.15) is 12.8 Å². The van der Waals surface area contributed by atoms with Crippen LogP contribution in [0, 0.1) is 0 Å². The molecule has 1 heterocycles. The number of carbonyl (C=O) groups excluding carboxylic acids is 1. The number of aryl methyl sites for hydroxylation is 1. The van der Waals surface area contributed by atoms with E-state index < -0.39 is 5.97 Å². The molecule has 0 saturated carbocycles. The molecule has 0 atom stereocenters. The van der Waals surface area contributed by atoms with Crippen LogP contribution in [0.15, 0.2) is 59.5 Å². The Morgan fingerprint density at radius 1 is 1.15 bits per heavy atom. The molecule has 0 unspecified atom stereocenters. The zero-order chi connectivity index (χ0) is 18.7. The summed E-state index contributed by atoms with van der Waals surface area (Å²) in [5.74, 6) is 0.661. The third kappa shape index (κ3) is 3.67. The molecule has 3 aromatic rings. The number of aromatic nitrogens is 1. The summed E-state index contributed by atoms with van der Waals surface area (Å²) in [6.07, 6.45) is 5.05. The second kappa shape index (κ2) is 7.27. The Kier molecular flexibility index (Phi) is 4.89. The minimum Gasteiger partial charge on any atom is -0.423 e. The van der Waals surface area contributed by atoms with Crippen LogP contribution in [-0.2, 0) is 11.8 Å². The van der Waals surface area contributed by atoms with Crippen molar-refractivity contribution in [3.8, 4) is 5.75 Å². The molecule has 2 aromatic carbocycles. The highest BCUT2D eigenvalue weighted by Crippen LogP contribution is 2.21. The summed E-state index contributed by atoms with van der Waals surface area (Å²) in [6.45, 7) is 3.40. The molecule has 0 aliphatic carbocycles. The van der Waals surface area contributed by atoms with Crippen LogP contribution < -0.4 is 14.2 Å². The molecule has 1 aromatic heterocycles. The summed E-state index contributed by atoms with van der Waals surface area (Å²) in [5, 5.41) is 0. The van der Waals surface area contributed by atoms with Gasteiger partial charge in [-0.2, -0.15) is 4.57 Å². The van der Waals surface area contributed by atoms with Crippen molar-refractivity contribution in [2.75, 3.05) is 19.0 Å². The predicted molar refractivity (Wildman–Crippen MR) is 103 cm³/mol. The van der Waals surface area contributed by atoms with Crippen molar-refractivity contribution >= 4 is 34.9 Å². The van der Waals surface area contributed by atoms with Gasteiger partial charge in [0.15, 0.2) is 0 Å². The lowest BCUT2D eigenvalue weighted by molar-refractivity contribution is -0.651. The summed E-state index contributed by atoms with van der Waals surface area (Å²) >= 11 is 0. The van der Waals surface area contributed by atoms with Gasteiger partial charge in [-0.25, -0.2) is 4.79 Å². The third-order valence-electron chi connectivity index (χ3n) is 4.05. The van der Waals surface area contributed by atoms with E-state index in [1.165, 1.54) is 0 Å². The minimum atomic E-state index is -0.489. The van der Waals surface area contributed by atoms with Crippen molar-refractivity contribution in [1.82, 2.24) is 0 Å². The van der Waals surface area contributed by atoms with E-state index in [4.69, 9.17) is 9.15 Å². The summed E-state index contributed by atoms with van der Waals surface area (Å²) in [6, 6.07) is 13.5. The van der Waals surface area contributed by atoms with Crippen LogP contribution in [0.4, 0.5) is 5.69 Å². The summed E-state index contributed by atoms with van der Waals surface area (Å²) in [5.41, 5.74) is 3.78. The van der Waals surface area contributed by atoms with Gasteiger partial charge in [-0.05, 0) is 35.9 Å². The van der Waals surface area contributed by atoms with E-state index in [0.717, 1.165) is 22.8 Å². The van der Waals surface area contributed by atoms with Crippen LogP contribution in [0.3, 0.4) is 0 Å². The topological polar surface area (TPSA) is 46.6 Å². The number of rotatable bonds is 5. The molecule has 0 N–H and O–H groups in total. The first-order valence-electron chi connectivity index (χ1n) is 8.20. The number of anilines is 1. The van der Waals surface area contributed by atoms with Crippen LogP contribution in [0.2, 0.25) is 0 Å². The lowest BCUT2D eigenvalue weighted by Gasteiger charge is -2.11. The quantitative estimate of drug-likeness (QED) is 0.306. The number of benzene rings is 2. The lowest BCUT2D eigenvalue weighted by Crippen LogP contribution is -2.29. The van der Waals surface area contributed by atoms with Crippen LogP contribution >= 0.6 is 0 Å². The average Bonchev–Trinajstić information content (AvgIpc) is 2.96. The Morgan fingerprint density at radius 3 is 2.54 bits per heavy atom. The van der Waals surface area contributed by atoms with Crippen molar-refractivity contribution < 1.29 is 18.5 Å². The van der Waals surface area contributed by atoms with Crippen molar-refractivity contribution in [3.63, 3.8) is 0 Å². The largest absolute Gasteiger partial charge is 0.423 e. The fourth-order valence-corrected chi connectivity index (χ4v) is 2.56. The van der Waals surface area contributed by atoms with Crippen LogP contribution in [-0.4, -0.2) is 20.1 Å². The van der Waals surface area contributed by atoms with E-state index in [-0.39, 0.29) is 0 Å². The Morgan fingerprint density at radius 2 is 1.88 bits per heavy atom. The molecule has 0 amide bonds. The first-order chi connectivity index (χ1) is 12.5. The van der Waals surface area contributed by atoms with Crippen LogP contribution in [0.1, 0.15) is 11.5 Å². The Balaban J connectivity index is 1.86. The Bertz CT molecular complexity index is 982. The van der Waals surface area contributed by atoms with E-state index in [0.29, 0.717) is 17.2 Å². The second-order valence-electron chi connectivity index (χ2n) is 6.07. The highest BCUT2D eigenvalue weighted by atomic mass is 16.5. The van der Waals surface area contributed by atoms with Crippen molar-refractivity contribution in [2.45, 2.75) is 0 Å². The molecule has 0 aliphatic heterocycles. The average molecular weight is 349 g/mol. The van der Waals surface area contributed by atoms with Gasteiger partial charge in [0.25, 0.3) is 5.52 Å². The highest BCUT2D eigenvalue weighted by Gasteiger charge is 2.18. The van der Waals surface area contributed by atoms with Gasteiger partial charge in [0, 0.05) is 25.9 Å². The molecule has 26 heavy (non-hydrogen) atoms. The first-order valence-corrected chi connectivity index (χ1v) is 8.20. The van der Waals surface area contributed by atoms with E-state index >= 15 is 0 Å². The fraction of sp³-hybridized carbons (Fsp3) is 0.143. The SMILES string of the molecule is C=CC(=O)Oc1ccc2oc(C=Cc3ccc(N(C)C)cc3)[n+](C)c2c1. The van der Waals surface area contributed by atoms with Gasteiger partial charge in [0.2, 0.25) is 5.58 Å². The Labute approximate surface area is 152 Å². The summed E-state index contributed by atoms with van der Waals surface area (Å²) in [4.78, 5) is 13.4. The summed E-state index contributed by atoms with van der Waals surface area (Å²) < 4.78 is 12.9. The zero-order valence-corrected chi connectivity index (χ0v) is 15.1. The predicted octanol–water partition coefficient (Wildman–Crippen LogP) is 3.59. The smallest absolute Gasteiger partial charge is 0.373 e. The number of oxazole rings is 1. The zero-order valence-electron chi connectivity index (χ0n) is 15.1. The maximum atomic E-state index is 11.3. The first kappa shape index (κ1) is 17.5. The van der Waals surface area contributed by atoms with Gasteiger partial charge >= 0.3 is 11.9 Å². The number of hydrogen-bond donors (Lipinski definition) is 0. The lowest BCUT2D eigenvalue weighted by atomic mass is 10.2. The summed E-state index contributed by atoms with van der Waals surface area (Å²) in [7, 11) is 5.93. The maximum absolute atomic E-state index is 11.3. The molecular formula is C21H21N2O3+. The van der Waals surface area contributed by atoms with Gasteiger partial charge in [-0.15, -0.1) is 0 Å². The third-order valence-corrected chi connectivity index (χ3v) is 4.05. The highest BCUT2D eigenvalue weighted by molar-refractivity contribution is 5.84. The normalized spacial score (nSPS) is 11.0. The van der Waals surface area contributed by atoms with E-state index in [2.05, 4.69) is 35.7 Å². The molecule has 3 rings (SSSR count). The van der Waals surface area contributed by atoms with Crippen LogP contribution in [0.25, 0.3) is 23.3 Å². The standard InChI is InChI=1S/C21H21N2O3/c1-5-21(24)25-17-11-12-19-18(14-17)23(4)20(26-19)13-8-15-6-9-16(10-7-15)22(2)3/h5-14H,1H2,2-4H3/q+1. The Hall–Kier alpha value is -3.34. The molecule has 0 saturated heterocycles. The van der Waals surface area contributed by atoms with Gasteiger partial charge in [-0.1, -0.05) is 18.7 Å². The van der Waals surface area contributed by atoms with E-state index in [9.17, 15) is 4.79 Å². The number of fused-ring (bicyclic) bond motifs is 1. The fourth-order valence-electron chi connectivity index (χ4n) is 2.56. The van der Waals surface area contributed by atoms with Crippen molar-refractivity contribution in [2.24, 2.45) is 7.05 Å². The maximum Gasteiger partial charge on any atom is 0.373 e. The molecule has 5 heteroatoms. The number of esters is 1. The molecule has 0 spiro atoms. The second-order valence-corrected chi connectivity index (χ2v) is 6.07. The minimum absolute atomic E-state index is 0.452. The molecular weight excluding hydrogens is 328 g/mol. The number of carbonyl (C=O) groups is 1. The number of hydrogen-bond acceptors (Lipinski definition) is 4. The molecule has 0 aliphatic rings. The monoisotopic (exact) mass is 349 g/mol. The molecule has 0 bridgehead atoms. The van der Waals surface area contributed by atoms with E-state index in [1.807, 2.05) is 37.9 Å². The molecule has 0 radical (unpaired) electrons. The molecule has 5 nitrogen and oxygen atoms in total. The van der Waals surface area contributed by atoms with Crippen molar-refractivity contribution in [3.05, 3.63) is 66.6 Å². The van der Waals surface area contributed by atoms with Gasteiger partial charge < -0.3 is 14.1 Å². The van der Waals surface area contributed by atoms with E-state index in [1.54, 1.807) is 18.2 Å². The van der Waals surface area contributed by atoms with Crippen LogP contribution in [0.5, 0.6) is 5.75 Å². The van der Waals surface area contributed by atoms with Crippen molar-refractivity contribution in [1.29, 1.82) is 0 Å².